The Balaban J connectivity index is 1.59. The van der Waals surface area contributed by atoms with Crippen LogP contribution in [0.5, 0.6) is 5.75 Å². The first kappa shape index (κ1) is 29.5. The predicted octanol–water partition coefficient (Wildman–Crippen LogP) is 7.52. The maximum atomic E-state index is 13.6. The van der Waals surface area contributed by atoms with Gasteiger partial charge in [-0.05, 0) is 75.0 Å². The monoisotopic (exact) mass is 580 g/mol. The minimum atomic E-state index is -4.61. The van der Waals surface area contributed by atoms with E-state index in [1.807, 2.05) is 0 Å². The molecule has 0 amide bonds. The summed E-state index contributed by atoms with van der Waals surface area (Å²) in [6.07, 6.45) is -0.0286. The van der Waals surface area contributed by atoms with E-state index in [-0.39, 0.29) is 49.2 Å². The van der Waals surface area contributed by atoms with Crippen molar-refractivity contribution in [1.29, 1.82) is 0 Å². The van der Waals surface area contributed by atoms with Crippen LogP contribution in [0, 0.1) is 5.92 Å². The summed E-state index contributed by atoms with van der Waals surface area (Å²) in [5, 5.41) is 10.9. The minimum Gasteiger partial charge on any atom is -0.507 e. The lowest BCUT2D eigenvalue weighted by Gasteiger charge is -2.37. The molecule has 0 aliphatic carbocycles. The first-order valence-corrected chi connectivity index (χ1v) is 14.5. The Kier molecular flexibility index (Phi) is 9.34. The van der Waals surface area contributed by atoms with Gasteiger partial charge < -0.3 is 15.0 Å². The zero-order valence-corrected chi connectivity index (χ0v) is 23.5. The van der Waals surface area contributed by atoms with E-state index in [0.717, 1.165) is 49.8 Å². The molecule has 2 unspecified atom stereocenters. The smallest absolute Gasteiger partial charge is 0.416 e. The van der Waals surface area contributed by atoms with Crippen molar-refractivity contribution >= 4 is 40.0 Å². The number of aromatic amines is 1. The number of nitrogens with zero attached hydrogens (tertiary/aromatic N) is 1. The molecule has 0 spiro atoms. The first-order valence-electron chi connectivity index (χ1n) is 13.1. The number of fused-ring (bicyclic) bond motifs is 1. The van der Waals surface area contributed by atoms with Gasteiger partial charge in [0.05, 0.1) is 16.2 Å². The highest BCUT2D eigenvalue weighted by molar-refractivity contribution is 8.00. The highest BCUT2D eigenvalue weighted by Gasteiger charge is 2.31. The van der Waals surface area contributed by atoms with Crippen molar-refractivity contribution in [3.05, 3.63) is 57.3 Å². The van der Waals surface area contributed by atoms with Crippen molar-refractivity contribution in [3.8, 4) is 16.9 Å². The van der Waals surface area contributed by atoms with E-state index in [1.54, 1.807) is 0 Å². The summed E-state index contributed by atoms with van der Waals surface area (Å²) in [6, 6.07) is 7.68. The van der Waals surface area contributed by atoms with Gasteiger partial charge in [0, 0.05) is 46.1 Å². The maximum absolute atomic E-state index is 13.6. The molecule has 1 aromatic heterocycles. The van der Waals surface area contributed by atoms with Crippen molar-refractivity contribution in [2.45, 2.75) is 63.1 Å². The van der Waals surface area contributed by atoms with Crippen molar-refractivity contribution < 1.29 is 23.1 Å². The van der Waals surface area contributed by atoms with Crippen molar-refractivity contribution in [2.24, 2.45) is 5.92 Å². The Bertz CT molecular complexity index is 1410. The number of carbonyl (C=O) groups excluding carboxylic acids is 1. The summed E-state index contributed by atoms with van der Waals surface area (Å²) in [4.78, 5) is 31.0. The highest BCUT2D eigenvalue weighted by atomic mass is 35.5. The Morgan fingerprint density at radius 2 is 1.97 bits per heavy atom. The number of aromatic hydroxyl groups is 1. The fraction of sp³-hybridized carbons (Fsp3) is 0.448. The molecule has 2 N–H and O–H groups in total. The molecule has 39 heavy (non-hydrogen) atoms. The van der Waals surface area contributed by atoms with Crippen LogP contribution in [0.25, 0.3) is 22.0 Å². The number of nitrogens with one attached hydrogen (secondary N) is 1. The summed E-state index contributed by atoms with van der Waals surface area (Å²) >= 11 is 7.12. The molecule has 1 fully saturated rings. The molecule has 10 heteroatoms. The number of H-pyrrole nitrogens is 1. The quantitative estimate of drug-likeness (QED) is 0.256. The van der Waals surface area contributed by atoms with E-state index in [1.165, 1.54) is 30.7 Å². The second kappa shape index (κ2) is 12.4. The van der Waals surface area contributed by atoms with Crippen LogP contribution in [0.4, 0.5) is 13.2 Å². The molecule has 2 aromatic carbocycles. The van der Waals surface area contributed by atoms with Gasteiger partial charge in [-0.15, -0.1) is 11.8 Å². The Hall–Kier alpha value is -2.49. The molecular weight excluding hydrogens is 549 g/mol. The number of phenols is 1. The number of pyridine rings is 1. The van der Waals surface area contributed by atoms with Gasteiger partial charge in [-0.25, -0.2) is 0 Å². The van der Waals surface area contributed by atoms with E-state index in [2.05, 4.69) is 23.7 Å². The van der Waals surface area contributed by atoms with Gasteiger partial charge in [0.1, 0.15) is 11.5 Å². The number of alkyl halides is 3. The Labute approximate surface area is 234 Å². The lowest BCUT2D eigenvalue weighted by Crippen LogP contribution is -2.42. The van der Waals surface area contributed by atoms with E-state index in [0.29, 0.717) is 24.8 Å². The van der Waals surface area contributed by atoms with Gasteiger partial charge in [0.15, 0.2) is 0 Å². The molecule has 0 bridgehead atoms. The van der Waals surface area contributed by atoms with E-state index >= 15 is 0 Å². The molecule has 2 heterocycles. The summed E-state index contributed by atoms with van der Waals surface area (Å²) in [7, 11) is 0. The van der Waals surface area contributed by atoms with Crippen molar-refractivity contribution in [3.63, 3.8) is 0 Å². The molecule has 4 rings (SSSR count). The number of aromatic nitrogens is 1. The maximum Gasteiger partial charge on any atom is 0.416 e. The third-order valence-electron chi connectivity index (χ3n) is 7.49. The number of Topliss-reactive ketones (excluding diaryl/α,β-unsaturated/α-hetero) is 1. The standard InChI is InChI=1S/C29H32ClF3N2O3S/c1-3-18-7-6-17(2)35(15-18)12-4-5-21(36)16-39-27-26(23-14-20(30)9-11-25(23)37)22-13-19(29(31,32)33)8-10-24(22)34-28(27)38/h8-11,13-14,17-18,37H,3-7,12,15-16H2,1-2H3,(H,34,38). The summed E-state index contributed by atoms with van der Waals surface area (Å²) in [6.45, 7) is 6.29. The number of benzene rings is 2. The molecule has 2 atom stereocenters. The van der Waals surface area contributed by atoms with E-state index in [9.17, 15) is 27.9 Å². The molecule has 0 radical (unpaired) electrons. The average Bonchev–Trinajstić information content (AvgIpc) is 2.89. The van der Waals surface area contributed by atoms with Crippen LogP contribution in [0.2, 0.25) is 5.02 Å². The molecule has 5 nitrogen and oxygen atoms in total. The normalized spacial score (nSPS) is 18.5. The van der Waals surface area contributed by atoms with E-state index in [4.69, 9.17) is 11.6 Å². The first-order chi connectivity index (χ1) is 18.5. The molecule has 0 saturated carbocycles. The van der Waals surface area contributed by atoms with Crippen LogP contribution < -0.4 is 5.56 Å². The zero-order chi connectivity index (χ0) is 28.3. The van der Waals surface area contributed by atoms with Crippen molar-refractivity contribution in [2.75, 3.05) is 18.8 Å². The number of ketones is 1. The largest absolute Gasteiger partial charge is 0.507 e. The number of phenolic OH excluding ortho intramolecular Hbond substituents is 1. The second-order valence-electron chi connectivity index (χ2n) is 10.2. The highest BCUT2D eigenvalue weighted by Crippen LogP contribution is 2.42. The van der Waals surface area contributed by atoms with Gasteiger partial charge in [0.2, 0.25) is 0 Å². The second-order valence-corrected chi connectivity index (χ2v) is 11.6. The Morgan fingerprint density at radius 1 is 1.21 bits per heavy atom. The number of halogens is 4. The van der Waals surface area contributed by atoms with Crippen LogP contribution in [0.15, 0.2) is 46.1 Å². The molecular formula is C29H32ClF3N2O3S. The van der Waals surface area contributed by atoms with Gasteiger partial charge in [0.25, 0.3) is 5.56 Å². The van der Waals surface area contributed by atoms with Gasteiger partial charge >= 0.3 is 6.18 Å². The average molecular weight is 581 g/mol. The lowest BCUT2D eigenvalue weighted by molar-refractivity contribution is -0.137. The van der Waals surface area contributed by atoms with Crippen LogP contribution in [-0.4, -0.2) is 45.7 Å². The molecule has 210 valence electrons. The van der Waals surface area contributed by atoms with Crippen molar-refractivity contribution in [1.82, 2.24) is 9.88 Å². The number of likely N-dealkylation sites (tertiary alicyclic amines) is 1. The third kappa shape index (κ3) is 6.99. The zero-order valence-electron chi connectivity index (χ0n) is 21.9. The predicted molar refractivity (Wildman–Crippen MR) is 151 cm³/mol. The SMILES string of the molecule is CCC1CCC(C)N(CCCC(=O)CSc2c(-c3cc(Cl)ccc3O)c3cc(C(F)(F)F)ccc3[nH]c2=O)C1. The number of carbonyl (C=O) groups is 1. The molecule has 1 aliphatic rings. The third-order valence-corrected chi connectivity index (χ3v) is 8.87. The van der Waals surface area contributed by atoms with Gasteiger partial charge in [-0.2, -0.15) is 13.2 Å². The van der Waals surface area contributed by atoms with E-state index < -0.39 is 17.3 Å². The van der Waals surface area contributed by atoms with Crippen LogP contribution in [0.1, 0.15) is 51.5 Å². The molecule has 1 aliphatic heterocycles. The number of thioether (sulfide) groups is 1. The minimum absolute atomic E-state index is 0.0188. The number of rotatable bonds is 9. The summed E-state index contributed by atoms with van der Waals surface area (Å²) in [5.74, 6) is 0.375. The summed E-state index contributed by atoms with van der Waals surface area (Å²) in [5.41, 5.74) is -1.03. The number of hydrogen-bond acceptors (Lipinski definition) is 5. The fourth-order valence-corrected chi connectivity index (χ4v) is 6.34. The fourth-order valence-electron chi connectivity index (χ4n) is 5.18. The number of piperidine rings is 1. The van der Waals surface area contributed by atoms with Crippen LogP contribution >= 0.6 is 23.4 Å². The topological polar surface area (TPSA) is 73.4 Å². The molecule has 3 aromatic rings. The van der Waals surface area contributed by atoms with Gasteiger partial charge in [-0.3, -0.25) is 9.59 Å². The summed E-state index contributed by atoms with van der Waals surface area (Å²) < 4.78 is 40.7. The van der Waals surface area contributed by atoms with Crippen LogP contribution in [-0.2, 0) is 11.0 Å². The molecule has 1 saturated heterocycles. The van der Waals surface area contributed by atoms with Gasteiger partial charge in [-0.1, -0.05) is 24.9 Å². The lowest BCUT2D eigenvalue weighted by atomic mass is 9.91. The Morgan fingerprint density at radius 3 is 2.69 bits per heavy atom. The number of hydrogen-bond donors (Lipinski definition) is 2. The van der Waals surface area contributed by atoms with Crippen LogP contribution in [0.3, 0.4) is 0 Å².